The van der Waals surface area contributed by atoms with Crippen LogP contribution in [0.2, 0.25) is 0 Å². The number of Topliss-reactive ketones (excluding diaryl/α,β-unsaturated/α-hetero) is 2. The van der Waals surface area contributed by atoms with Crippen molar-refractivity contribution < 1.29 is 19.1 Å². The second-order valence-electron chi connectivity index (χ2n) is 4.26. The molecule has 0 saturated heterocycles. The SMILES string of the molecule is COc1cccc(C(=O)CC(=O)C(C)C)c1OC. The smallest absolute Gasteiger partial charge is 0.174 e. The molecule has 0 amide bonds. The number of rotatable bonds is 6. The molecule has 4 heteroatoms. The summed E-state index contributed by atoms with van der Waals surface area (Å²) < 4.78 is 10.3. The Morgan fingerprint density at radius 3 is 2.33 bits per heavy atom. The Balaban J connectivity index is 3.02. The Hall–Kier alpha value is -1.84. The van der Waals surface area contributed by atoms with Gasteiger partial charge in [0.1, 0.15) is 5.78 Å². The fourth-order valence-corrected chi connectivity index (χ4v) is 1.56. The van der Waals surface area contributed by atoms with Crippen LogP contribution in [0.25, 0.3) is 0 Å². The molecule has 1 aromatic carbocycles. The summed E-state index contributed by atoms with van der Waals surface area (Å²) in [6, 6.07) is 5.05. The molecule has 0 aliphatic heterocycles. The molecule has 0 aliphatic carbocycles. The van der Waals surface area contributed by atoms with Crippen LogP contribution in [0.1, 0.15) is 30.6 Å². The second kappa shape index (κ2) is 6.19. The largest absolute Gasteiger partial charge is 0.493 e. The molecular weight excluding hydrogens is 232 g/mol. The van der Waals surface area contributed by atoms with E-state index >= 15 is 0 Å². The third kappa shape index (κ3) is 3.09. The molecule has 0 spiro atoms. The summed E-state index contributed by atoms with van der Waals surface area (Å²) in [6.45, 7) is 3.55. The van der Waals surface area contributed by atoms with Gasteiger partial charge < -0.3 is 9.47 Å². The molecule has 0 N–H and O–H groups in total. The lowest BCUT2D eigenvalue weighted by molar-refractivity contribution is -0.121. The van der Waals surface area contributed by atoms with Crippen molar-refractivity contribution in [2.45, 2.75) is 20.3 Å². The predicted molar refractivity (Wildman–Crippen MR) is 68.3 cm³/mol. The number of methoxy groups -OCH3 is 2. The van der Waals surface area contributed by atoms with Crippen molar-refractivity contribution in [2.75, 3.05) is 14.2 Å². The molecule has 18 heavy (non-hydrogen) atoms. The number of hydrogen-bond acceptors (Lipinski definition) is 4. The van der Waals surface area contributed by atoms with Gasteiger partial charge in [0.05, 0.1) is 26.2 Å². The van der Waals surface area contributed by atoms with Gasteiger partial charge in [0.25, 0.3) is 0 Å². The van der Waals surface area contributed by atoms with E-state index < -0.39 is 0 Å². The van der Waals surface area contributed by atoms with Crippen LogP contribution in [-0.4, -0.2) is 25.8 Å². The summed E-state index contributed by atoms with van der Waals surface area (Å²) in [5.74, 6) is 0.391. The monoisotopic (exact) mass is 250 g/mol. The third-order valence-electron chi connectivity index (χ3n) is 2.68. The van der Waals surface area contributed by atoms with Gasteiger partial charge in [-0.15, -0.1) is 0 Å². The molecule has 0 saturated carbocycles. The van der Waals surface area contributed by atoms with Crippen LogP contribution in [-0.2, 0) is 4.79 Å². The van der Waals surface area contributed by atoms with E-state index in [0.717, 1.165) is 0 Å². The minimum absolute atomic E-state index is 0.0788. The van der Waals surface area contributed by atoms with Crippen molar-refractivity contribution in [2.24, 2.45) is 5.92 Å². The molecule has 0 aromatic heterocycles. The fraction of sp³-hybridized carbons (Fsp3) is 0.429. The minimum Gasteiger partial charge on any atom is -0.493 e. The van der Waals surface area contributed by atoms with Crippen LogP contribution in [0.15, 0.2) is 18.2 Å². The summed E-state index contributed by atoms with van der Waals surface area (Å²) in [5, 5.41) is 0. The average Bonchev–Trinajstić information content (AvgIpc) is 2.37. The Bertz CT molecular complexity index is 449. The van der Waals surface area contributed by atoms with Crippen molar-refractivity contribution in [1.29, 1.82) is 0 Å². The van der Waals surface area contributed by atoms with Crippen molar-refractivity contribution in [3.05, 3.63) is 23.8 Å². The van der Waals surface area contributed by atoms with E-state index in [-0.39, 0.29) is 23.9 Å². The number of ketones is 2. The molecule has 1 rings (SSSR count). The number of ether oxygens (including phenoxy) is 2. The molecule has 0 atom stereocenters. The van der Waals surface area contributed by atoms with Gasteiger partial charge in [-0.05, 0) is 12.1 Å². The van der Waals surface area contributed by atoms with Crippen molar-refractivity contribution in [1.82, 2.24) is 0 Å². The first kappa shape index (κ1) is 14.2. The zero-order chi connectivity index (χ0) is 13.7. The molecule has 4 nitrogen and oxygen atoms in total. The maximum Gasteiger partial charge on any atom is 0.174 e. The normalized spacial score (nSPS) is 10.3. The number of hydrogen-bond donors (Lipinski definition) is 0. The standard InChI is InChI=1S/C14H18O4/c1-9(2)11(15)8-12(16)10-6-5-7-13(17-3)14(10)18-4/h5-7,9H,8H2,1-4H3. The minimum atomic E-state index is -0.246. The predicted octanol–water partition coefficient (Wildman–Crippen LogP) is 2.50. The van der Waals surface area contributed by atoms with Gasteiger partial charge in [0.15, 0.2) is 17.3 Å². The van der Waals surface area contributed by atoms with E-state index in [4.69, 9.17) is 9.47 Å². The highest BCUT2D eigenvalue weighted by molar-refractivity contribution is 6.10. The van der Waals surface area contributed by atoms with Crippen LogP contribution in [0.3, 0.4) is 0 Å². The van der Waals surface area contributed by atoms with Crippen molar-refractivity contribution in [3.63, 3.8) is 0 Å². The Labute approximate surface area is 107 Å². The molecule has 98 valence electrons. The highest BCUT2D eigenvalue weighted by Gasteiger charge is 2.20. The first-order valence-corrected chi connectivity index (χ1v) is 5.78. The molecule has 0 unspecified atom stereocenters. The zero-order valence-electron chi connectivity index (χ0n) is 11.1. The number of para-hydroxylation sites is 1. The second-order valence-corrected chi connectivity index (χ2v) is 4.26. The fourth-order valence-electron chi connectivity index (χ4n) is 1.56. The van der Waals surface area contributed by atoms with E-state index in [2.05, 4.69) is 0 Å². The van der Waals surface area contributed by atoms with Crippen molar-refractivity contribution in [3.8, 4) is 11.5 Å². The zero-order valence-corrected chi connectivity index (χ0v) is 11.1. The van der Waals surface area contributed by atoms with E-state index in [1.165, 1.54) is 14.2 Å². The Kier molecular flexibility index (Phi) is 4.89. The molecule has 1 aromatic rings. The van der Waals surface area contributed by atoms with Gasteiger partial charge in [0.2, 0.25) is 0 Å². The van der Waals surface area contributed by atoms with Crippen LogP contribution in [0.4, 0.5) is 0 Å². The number of carbonyl (C=O) groups excluding carboxylic acids is 2. The highest BCUT2D eigenvalue weighted by atomic mass is 16.5. The van der Waals surface area contributed by atoms with Crippen LogP contribution in [0, 0.1) is 5.92 Å². The Morgan fingerprint density at radius 1 is 1.17 bits per heavy atom. The van der Waals surface area contributed by atoms with Crippen LogP contribution < -0.4 is 9.47 Å². The van der Waals surface area contributed by atoms with Crippen molar-refractivity contribution >= 4 is 11.6 Å². The molecule has 0 aliphatic rings. The first-order valence-electron chi connectivity index (χ1n) is 5.78. The van der Waals surface area contributed by atoms with Gasteiger partial charge in [-0.1, -0.05) is 19.9 Å². The maximum atomic E-state index is 12.1. The lowest BCUT2D eigenvalue weighted by atomic mass is 9.99. The first-order chi connectivity index (χ1) is 8.51. The van der Waals surface area contributed by atoms with E-state index in [0.29, 0.717) is 17.1 Å². The van der Waals surface area contributed by atoms with Gasteiger partial charge >= 0.3 is 0 Å². The van der Waals surface area contributed by atoms with E-state index in [1.54, 1.807) is 32.0 Å². The molecule has 0 fully saturated rings. The van der Waals surface area contributed by atoms with E-state index in [9.17, 15) is 9.59 Å². The lowest BCUT2D eigenvalue weighted by Crippen LogP contribution is -2.14. The van der Waals surface area contributed by atoms with Gasteiger partial charge in [-0.25, -0.2) is 0 Å². The van der Waals surface area contributed by atoms with Gasteiger partial charge in [-0.3, -0.25) is 9.59 Å². The summed E-state index contributed by atoms with van der Waals surface area (Å²) in [7, 11) is 2.98. The molecule has 0 heterocycles. The lowest BCUT2D eigenvalue weighted by Gasteiger charge is -2.11. The Morgan fingerprint density at radius 2 is 1.83 bits per heavy atom. The summed E-state index contributed by atoms with van der Waals surface area (Å²) >= 11 is 0. The highest BCUT2D eigenvalue weighted by Crippen LogP contribution is 2.31. The van der Waals surface area contributed by atoms with E-state index in [1.807, 2.05) is 0 Å². The van der Waals surface area contributed by atoms with Gasteiger partial charge in [-0.2, -0.15) is 0 Å². The summed E-state index contributed by atoms with van der Waals surface area (Å²) in [5.41, 5.74) is 0.380. The average molecular weight is 250 g/mol. The summed E-state index contributed by atoms with van der Waals surface area (Å²) in [4.78, 5) is 23.6. The molecule has 0 radical (unpaired) electrons. The molecule has 0 bridgehead atoms. The number of carbonyl (C=O) groups is 2. The third-order valence-corrected chi connectivity index (χ3v) is 2.68. The van der Waals surface area contributed by atoms with Crippen LogP contribution >= 0.6 is 0 Å². The molecular formula is C14H18O4. The summed E-state index contributed by atoms with van der Waals surface area (Å²) in [6.07, 6.45) is -0.110. The maximum absolute atomic E-state index is 12.1. The van der Waals surface area contributed by atoms with Gasteiger partial charge in [0, 0.05) is 5.92 Å². The number of benzene rings is 1. The topological polar surface area (TPSA) is 52.6 Å². The van der Waals surface area contributed by atoms with Crippen LogP contribution in [0.5, 0.6) is 11.5 Å². The quantitative estimate of drug-likeness (QED) is 0.575.